The fraction of sp³-hybridized carbons (Fsp3) is 0.927. The van der Waals surface area contributed by atoms with E-state index in [-0.39, 0.29) is 54.0 Å². The van der Waals surface area contributed by atoms with Crippen LogP contribution in [0.15, 0.2) is 11.6 Å². The molecule has 0 aromatic heterocycles. The van der Waals surface area contributed by atoms with Gasteiger partial charge in [-0.2, -0.15) is 0 Å². The number of cyclic esters (lactones) is 1. The summed E-state index contributed by atoms with van der Waals surface area (Å²) >= 11 is 0. The molecule has 13 nitrogen and oxygen atoms in total. The number of aliphatic hydroxyl groups is 5. The second-order valence-electron chi connectivity index (χ2n) is 18.7. The zero-order chi connectivity index (χ0) is 38.3. The first-order valence-corrected chi connectivity index (χ1v) is 20.8. The van der Waals surface area contributed by atoms with Crippen LogP contribution in [0.3, 0.4) is 0 Å². The van der Waals surface area contributed by atoms with Crippen molar-refractivity contribution in [2.75, 3.05) is 6.61 Å². The quantitative estimate of drug-likeness (QED) is 0.188. The van der Waals surface area contributed by atoms with Crippen LogP contribution in [-0.4, -0.2) is 124 Å². The molecule has 0 aromatic rings. The van der Waals surface area contributed by atoms with E-state index in [2.05, 4.69) is 13.8 Å². The SMILES string of the molecule is C[C@H]1O[C@@H](OC2CC[C@@]3(C)[C@H](CC[C@@H]4[C@@H]3CC[C@]3(C)[C@@H](C5=CC(=O)OC5)CC[C@]43O)C2)C[C@H](O)C1O[C@H]1C[C@H](O)[C@H](O[C@H]2C[C@H](O)[C@H](O)[C@@H](C)O2)[C@@H](C)O1. The number of esters is 1. The van der Waals surface area contributed by atoms with Gasteiger partial charge < -0.3 is 58.7 Å². The number of ether oxygens (including phenoxy) is 7. The van der Waals surface area contributed by atoms with Crippen molar-refractivity contribution in [1.29, 1.82) is 0 Å². The lowest BCUT2D eigenvalue weighted by molar-refractivity contribution is -0.336. The molecular formula is C41H64O13. The van der Waals surface area contributed by atoms with E-state index in [0.717, 1.165) is 63.4 Å². The molecule has 0 bridgehead atoms. The third-order valence-corrected chi connectivity index (χ3v) is 15.9. The molecule has 0 aromatic carbocycles. The molecular weight excluding hydrogens is 700 g/mol. The highest BCUT2D eigenvalue weighted by atomic mass is 16.7. The highest BCUT2D eigenvalue weighted by Gasteiger charge is 2.68. The highest BCUT2D eigenvalue weighted by Crippen LogP contribution is 2.70. The summed E-state index contributed by atoms with van der Waals surface area (Å²) in [6.07, 6.45) is 1.90. The zero-order valence-corrected chi connectivity index (χ0v) is 32.6. The number of fused-ring (bicyclic) bond motifs is 5. The molecule has 0 amide bonds. The molecule has 3 saturated heterocycles. The van der Waals surface area contributed by atoms with Gasteiger partial charge in [-0.3, -0.25) is 0 Å². The van der Waals surface area contributed by atoms with Crippen LogP contribution in [0.1, 0.15) is 112 Å². The molecule has 4 saturated carbocycles. The van der Waals surface area contributed by atoms with Crippen molar-refractivity contribution in [3.63, 3.8) is 0 Å². The molecule has 4 aliphatic heterocycles. The monoisotopic (exact) mass is 764 g/mol. The van der Waals surface area contributed by atoms with Crippen LogP contribution in [0.5, 0.6) is 0 Å². The second-order valence-corrected chi connectivity index (χ2v) is 18.7. The van der Waals surface area contributed by atoms with E-state index in [4.69, 9.17) is 33.2 Å². The molecule has 13 heteroatoms. The molecule has 54 heavy (non-hydrogen) atoms. The predicted molar refractivity (Wildman–Crippen MR) is 191 cm³/mol. The second kappa shape index (κ2) is 14.9. The summed E-state index contributed by atoms with van der Waals surface area (Å²) in [5.41, 5.74) is 0.215. The number of rotatable bonds is 7. The van der Waals surface area contributed by atoms with Crippen LogP contribution in [0.4, 0.5) is 0 Å². The maximum Gasteiger partial charge on any atom is 0.331 e. The van der Waals surface area contributed by atoms with Crippen LogP contribution in [0.25, 0.3) is 0 Å². The summed E-state index contributed by atoms with van der Waals surface area (Å²) in [5.74, 6) is 1.13. The van der Waals surface area contributed by atoms with Crippen molar-refractivity contribution in [2.24, 2.45) is 34.5 Å². The van der Waals surface area contributed by atoms with Crippen LogP contribution in [0.2, 0.25) is 0 Å². The summed E-state index contributed by atoms with van der Waals surface area (Å²) in [6, 6.07) is 0. The van der Waals surface area contributed by atoms with E-state index in [1.165, 1.54) is 0 Å². The standard InChI is InChI=1S/C41H64O13/c1-20-36(46)29(42)16-34(49-20)53-38-22(3)51-35(18-31(38)44)54-37-21(2)50-33(17-30(37)43)52-25-8-11-39(4)24(15-25)6-7-28-27(39)9-12-40(5)26(10-13-41(28,40)47)23-14-32(45)48-19-23/h14,20-22,24-31,33-38,42-44,46-47H,6-13,15-19H2,1-5H3/t20-,21-,22-,24-,25?,26-,27+,28-,29+,30+,31+,33+,34+,35+,36-,37?,38-,39+,40-,41+/m1/s1. The Bertz CT molecular complexity index is 1370. The first kappa shape index (κ1) is 39.6. The highest BCUT2D eigenvalue weighted by molar-refractivity contribution is 5.85. The van der Waals surface area contributed by atoms with Crippen LogP contribution < -0.4 is 0 Å². The topological polar surface area (TPSA) is 183 Å². The normalized spacial score (nSPS) is 55.0. The number of carbonyl (C=O) groups is 1. The van der Waals surface area contributed by atoms with E-state index < -0.39 is 79.4 Å². The predicted octanol–water partition coefficient (Wildman–Crippen LogP) is 3.25. The zero-order valence-electron chi connectivity index (χ0n) is 32.6. The lowest BCUT2D eigenvalue weighted by Crippen LogP contribution is -2.62. The van der Waals surface area contributed by atoms with Gasteiger partial charge in [0.25, 0.3) is 0 Å². The van der Waals surface area contributed by atoms with Crippen molar-refractivity contribution in [3.05, 3.63) is 11.6 Å². The van der Waals surface area contributed by atoms with E-state index in [0.29, 0.717) is 18.4 Å². The number of hydrogen-bond donors (Lipinski definition) is 5. The minimum atomic E-state index is -0.996. The lowest BCUT2D eigenvalue weighted by atomic mass is 9.43. The molecule has 8 aliphatic rings. The summed E-state index contributed by atoms with van der Waals surface area (Å²) < 4.78 is 42.2. The summed E-state index contributed by atoms with van der Waals surface area (Å²) in [5, 5.41) is 55.0. The Morgan fingerprint density at radius 2 is 1.30 bits per heavy atom. The lowest BCUT2D eigenvalue weighted by Gasteiger charge is -2.64. The first-order valence-electron chi connectivity index (χ1n) is 20.8. The van der Waals surface area contributed by atoms with Gasteiger partial charge in [0.15, 0.2) is 18.9 Å². The Labute approximate surface area is 319 Å². The molecule has 4 aliphatic carbocycles. The molecule has 2 unspecified atom stereocenters. The van der Waals surface area contributed by atoms with E-state index in [1.54, 1.807) is 19.9 Å². The minimum Gasteiger partial charge on any atom is -0.458 e. The average molecular weight is 765 g/mol. The Morgan fingerprint density at radius 1 is 0.685 bits per heavy atom. The average Bonchev–Trinajstić information content (AvgIpc) is 3.66. The van der Waals surface area contributed by atoms with E-state index in [9.17, 15) is 30.3 Å². The van der Waals surface area contributed by atoms with Crippen molar-refractivity contribution in [1.82, 2.24) is 0 Å². The smallest absolute Gasteiger partial charge is 0.331 e. The van der Waals surface area contributed by atoms with Crippen molar-refractivity contribution < 1.29 is 63.5 Å². The Morgan fingerprint density at radius 3 is 1.89 bits per heavy atom. The van der Waals surface area contributed by atoms with Crippen LogP contribution in [0, 0.1) is 34.5 Å². The van der Waals surface area contributed by atoms with Crippen LogP contribution in [-0.2, 0) is 38.0 Å². The summed E-state index contributed by atoms with van der Waals surface area (Å²) in [6.45, 7) is 10.4. The van der Waals surface area contributed by atoms with Gasteiger partial charge in [0.1, 0.15) is 24.9 Å². The number of hydrogen-bond acceptors (Lipinski definition) is 13. The van der Waals surface area contributed by atoms with Crippen LogP contribution >= 0.6 is 0 Å². The van der Waals surface area contributed by atoms with Crippen molar-refractivity contribution >= 4 is 5.97 Å². The first-order chi connectivity index (χ1) is 25.6. The van der Waals surface area contributed by atoms with Gasteiger partial charge in [0, 0.05) is 30.8 Å². The van der Waals surface area contributed by atoms with Gasteiger partial charge in [-0.05, 0) is 113 Å². The molecule has 7 fully saturated rings. The third kappa shape index (κ3) is 6.82. The summed E-state index contributed by atoms with van der Waals surface area (Å²) in [4.78, 5) is 11.9. The Kier molecular flexibility index (Phi) is 10.9. The molecule has 5 N–H and O–H groups in total. The van der Waals surface area contributed by atoms with Gasteiger partial charge >= 0.3 is 5.97 Å². The molecule has 0 spiro atoms. The van der Waals surface area contributed by atoms with Gasteiger partial charge in [-0.15, -0.1) is 0 Å². The molecule has 306 valence electrons. The maximum atomic E-state index is 12.6. The molecule has 8 rings (SSSR count). The molecule has 0 radical (unpaired) electrons. The maximum absolute atomic E-state index is 12.6. The fourth-order valence-electron chi connectivity index (χ4n) is 12.8. The van der Waals surface area contributed by atoms with Crippen molar-refractivity contribution in [3.8, 4) is 0 Å². The van der Waals surface area contributed by atoms with Gasteiger partial charge in [-0.25, -0.2) is 4.79 Å². The van der Waals surface area contributed by atoms with Gasteiger partial charge in [-0.1, -0.05) is 13.8 Å². The number of carbonyl (C=O) groups excluding carboxylic acids is 1. The fourth-order valence-corrected chi connectivity index (χ4v) is 12.8. The molecule has 20 atom stereocenters. The number of aliphatic hydroxyl groups excluding tert-OH is 4. The van der Waals surface area contributed by atoms with Gasteiger partial charge in [0.2, 0.25) is 0 Å². The van der Waals surface area contributed by atoms with E-state index in [1.807, 2.05) is 6.92 Å². The Balaban J connectivity index is 0.826. The van der Waals surface area contributed by atoms with Crippen molar-refractivity contribution in [2.45, 2.75) is 197 Å². The largest absolute Gasteiger partial charge is 0.458 e. The summed E-state index contributed by atoms with van der Waals surface area (Å²) in [7, 11) is 0. The molecule has 4 heterocycles. The third-order valence-electron chi connectivity index (χ3n) is 15.9. The van der Waals surface area contributed by atoms with Gasteiger partial charge in [0.05, 0.1) is 48.3 Å². The van der Waals surface area contributed by atoms with E-state index >= 15 is 0 Å². The minimum absolute atomic E-state index is 0.0243. The Hall–Kier alpha value is -1.23.